The quantitative estimate of drug-likeness (QED) is 0.275. The van der Waals surface area contributed by atoms with Crippen LogP contribution in [0, 0.1) is 10.1 Å². The van der Waals surface area contributed by atoms with Crippen LogP contribution in [-0.2, 0) is 33.0 Å². The number of nitro groups is 1. The lowest BCUT2D eigenvalue weighted by Gasteiger charge is -2.14. The van der Waals surface area contributed by atoms with E-state index in [4.69, 9.17) is 0 Å². The first-order valence-corrected chi connectivity index (χ1v) is 11.2. The maximum atomic E-state index is 13.5. The highest BCUT2D eigenvalue weighted by Crippen LogP contribution is 2.17. The van der Waals surface area contributed by atoms with Gasteiger partial charge in [-0.2, -0.15) is 5.10 Å². The van der Waals surface area contributed by atoms with Gasteiger partial charge in [0.05, 0.1) is 11.1 Å². The zero-order valence-corrected chi connectivity index (χ0v) is 19.3. The van der Waals surface area contributed by atoms with Gasteiger partial charge in [0.1, 0.15) is 5.69 Å². The van der Waals surface area contributed by atoms with Crippen LogP contribution >= 0.6 is 0 Å². The van der Waals surface area contributed by atoms with Crippen LogP contribution in [0.25, 0.3) is 12.2 Å². The molecule has 4 aromatic rings. The van der Waals surface area contributed by atoms with Crippen LogP contribution in [0.2, 0.25) is 0 Å². The van der Waals surface area contributed by atoms with Crippen LogP contribution in [0.5, 0.6) is 0 Å². The molecule has 0 aliphatic carbocycles. The molecule has 0 unspecified atom stereocenters. The predicted molar refractivity (Wildman–Crippen MR) is 134 cm³/mol. The van der Waals surface area contributed by atoms with Crippen LogP contribution in [0.1, 0.15) is 22.4 Å². The van der Waals surface area contributed by atoms with E-state index in [1.165, 1.54) is 10.6 Å². The van der Waals surface area contributed by atoms with E-state index in [9.17, 15) is 19.7 Å². The molecule has 0 saturated heterocycles. The molecule has 0 fully saturated rings. The van der Waals surface area contributed by atoms with E-state index in [1.54, 1.807) is 30.2 Å². The van der Waals surface area contributed by atoms with E-state index in [0.29, 0.717) is 18.4 Å². The van der Waals surface area contributed by atoms with Crippen molar-refractivity contribution in [3.05, 3.63) is 126 Å². The number of rotatable bonds is 9. The number of benzene rings is 2. The van der Waals surface area contributed by atoms with Gasteiger partial charge in [-0.05, 0) is 36.1 Å². The molecular weight excluding hydrogens is 446 g/mol. The Balaban J connectivity index is 1.81. The lowest BCUT2D eigenvalue weighted by molar-refractivity contribution is -0.387. The molecule has 9 heteroatoms. The second-order valence-corrected chi connectivity index (χ2v) is 8.13. The van der Waals surface area contributed by atoms with E-state index in [2.05, 4.69) is 5.10 Å². The number of aromatic nitrogens is 4. The average Bonchev–Trinajstić information content (AvgIpc) is 3.28. The Labute approximate surface area is 201 Å². The summed E-state index contributed by atoms with van der Waals surface area (Å²) in [6, 6.07) is 18.9. The minimum absolute atomic E-state index is 0.0271. The van der Waals surface area contributed by atoms with Gasteiger partial charge in [-0.3, -0.25) is 28.7 Å². The first-order chi connectivity index (χ1) is 16.9. The summed E-state index contributed by atoms with van der Waals surface area (Å²) < 4.78 is 3.89. The fourth-order valence-electron chi connectivity index (χ4n) is 3.93. The van der Waals surface area contributed by atoms with Crippen molar-refractivity contribution in [3.63, 3.8) is 0 Å². The first kappa shape index (κ1) is 23.6. The molecule has 0 amide bonds. The van der Waals surface area contributed by atoms with E-state index in [1.807, 2.05) is 60.7 Å². The van der Waals surface area contributed by atoms with E-state index >= 15 is 0 Å². The molecule has 0 spiro atoms. The molecule has 2 aromatic heterocycles. The minimum atomic E-state index is -0.905. The molecule has 0 bridgehead atoms. The Morgan fingerprint density at radius 3 is 1.97 bits per heavy atom. The van der Waals surface area contributed by atoms with Gasteiger partial charge in [-0.1, -0.05) is 60.7 Å². The van der Waals surface area contributed by atoms with Gasteiger partial charge < -0.3 is 0 Å². The van der Waals surface area contributed by atoms with Gasteiger partial charge in [-0.15, -0.1) is 0 Å². The lowest BCUT2D eigenvalue weighted by atomic mass is 10.1. The summed E-state index contributed by atoms with van der Waals surface area (Å²) in [6.45, 7) is 0.225. The molecule has 178 valence electrons. The fourth-order valence-corrected chi connectivity index (χ4v) is 3.93. The van der Waals surface area contributed by atoms with Crippen LogP contribution in [0.15, 0.2) is 82.6 Å². The molecule has 0 saturated carbocycles. The van der Waals surface area contributed by atoms with E-state index < -0.39 is 21.9 Å². The van der Waals surface area contributed by atoms with Crippen molar-refractivity contribution in [2.75, 3.05) is 0 Å². The third-order valence-corrected chi connectivity index (χ3v) is 5.72. The van der Waals surface area contributed by atoms with Crippen molar-refractivity contribution in [2.45, 2.75) is 25.9 Å². The van der Waals surface area contributed by atoms with Crippen LogP contribution < -0.4 is 11.2 Å². The van der Waals surface area contributed by atoms with Gasteiger partial charge in [0.2, 0.25) is 0 Å². The van der Waals surface area contributed by atoms with Gasteiger partial charge >= 0.3 is 16.9 Å². The average molecular weight is 472 g/mol. The molecular formula is C26H25N5O4. The number of aryl methyl sites for hydroxylation is 3. The number of hydrogen-bond donors (Lipinski definition) is 0. The Bertz CT molecular complexity index is 1470. The zero-order valence-electron chi connectivity index (χ0n) is 19.3. The summed E-state index contributed by atoms with van der Waals surface area (Å²) in [4.78, 5) is 38.0. The highest BCUT2D eigenvalue weighted by atomic mass is 16.6. The number of nitrogens with zero attached hydrogens (tertiary/aromatic N) is 5. The summed E-state index contributed by atoms with van der Waals surface area (Å²) in [7, 11) is 1.75. The zero-order chi connectivity index (χ0) is 24.8. The van der Waals surface area contributed by atoms with Crippen molar-refractivity contribution in [2.24, 2.45) is 7.05 Å². The van der Waals surface area contributed by atoms with Crippen LogP contribution in [0.3, 0.4) is 0 Å². The van der Waals surface area contributed by atoms with Gasteiger partial charge in [0.25, 0.3) is 0 Å². The molecule has 2 heterocycles. The van der Waals surface area contributed by atoms with Crippen molar-refractivity contribution in [3.8, 4) is 0 Å². The van der Waals surface area contributed by atoms with Crippen LogP contribution in [-0.4, -0.2) is 23.8 Å². The predicted octanol–water partition coefficient (Wildman–Crippen LogP) is 3.31. The third-order valence-electron chi connectivity index (χ3n) is 5.72. The summed E-state index contributed by atoms with van der Waals surface area (Å²) in [5.41, 5.74) is 0.476. The van der Waals surface area contributed by atoms with Crippen LogP contribution in [0.4, 0.5) is 5.69 Å². The summed E-state index contributed by atoms with van der Waals surface area (Å²) in [5.74, 6) is 0. The Kier molecular flexibility index (Phi) is 7.15. The van der Waals surface area contributed by atoms with Crippen molar-refractivity contribution in [1.82, 2.24) is 18.9 Å². The molecule has 4 rings (SSSR count). The third kappa shape index (κ3) is 5.52. The second kappa shape index (κ2) is 10.6. The minimum Gasteiger partial charge on any atom is -0.287 e. The molecule has 0 atom stereocenters. The normalized spacial score (nSPS) is 11.2. The monoisotopic (exact) mass is 471 g/mol. The Morgan fingerprint density at radius 1 is 0.886 bits per heavy atom. The fraction of sp³-hybridized carbons (Fsp3) is 0.192. The SMILES string of the molecule is Cn1cc(C=Cc2c([N+](=O)[O-])c(=O)n(CCc3ccccc3)c(=O)n2CCc2ccccc2)cn1. The van der Waals surface area contributed by atoms with Crippen molar-refractivity contribution < 1.29 is 4.92 Å². The topological polar surface area (TPSA) is 105 Å². The standard InChI is InChI=1S/C26H25N5O4/c1-28-19-22(18-27-28)12-13-23-24(31(34)35)25(32)30(17-15-21-10-6-3-7-11-21)26(33)29(23)16-14-20-8-4-2-5-9-20/h2-13,18-19H,14-17H2,1H3. The Morgan fingerprint density at radius 2 is 1.46 bits per heavy atom. The molecule has 35 heavy (non-hydrogen) atoms. The largest absolute Gasteiger partial charge is 0.357 e. The smallest absolute Gasteiger partial charge is 0.287 e. The summed E-state index contributed by atoms with van der Waals surface area (Å²) >= 11 is 0. The summed E-state index contributed by atoms with van der Waals surface area (Å²) in [5, 5.41) is 16.1. The molecule has 0 aliphatic rings. The number of hydrogen-bond acceptors (Lipinski definition) is 5. The first-order valence-electron chi connectivity index (χ1n) is 11.2. The van der Waals surface area contributed by atoms with Gasteiger partial charge in [0.15, 0.2) is 0 Å². The van der Waals surface area contributed by atoms with E-state index in [0.717, 1.165) is 15.7 Å². The molecule has 0 aliphatic heterocycles. The maximum absolute atomic E-state index is 13.5. The molecule has 0 N–H and O–H groups in total. The maximum Gasteiger partial charge on any atom is 0.357 e. The van der Waals surface area contributed by atoms with Gasteiger partial charge in [-0.25, -0.2) is 4.79 Å². The van der Waals surface area contributed by atoms with Crippen molar-refractivity contribution >= 4 is 17.8 Å². The summed E-state index contributed by atoms with van der Waals surface area (Å²) in [6.07, 6.45) is 7.26. The molecule has 2 aromatic carbocycles. The molecule has 0 radical (unpaired) electrons. The van der Waals surface area contributed by atoms with E-state index in [-0.39, 0.29) is 18.8 Å². The molecule has 9 nitrogen and oxygen atoms in total. The second-order valence-electron chi connectivity index (χ2n) is 8.13. The highest BCUT2D eigenvalue weighted by molar-refractivity contribution is 5.71. The highest BCUT2D eigenvalue weighted by Gasteiger charge is 2.26. The van der Waals surface area contributed by atoms with Crippen molar-refractivity contribution in [1.29, 1.82) is 0 Å². The Hall–Kier alpha value is -4.53. The van der Waals surface area contributed by atoms with Gasteiger partial charge in [0, 0.05) is 31.9 Å². The lowest BCUT2D eigenvalue weighted by Crippen LogP contribution is -2.42.